The zero-order valence-electron chi connectivity index (χ0n) is 15.9. The van der Waals surface area contributed by atoms with Crippen molar-refractivity contribution in [1.29, 1.82) is 0 Å². The molecule has 0 saturated heterocycles. The number of hydrogen-bond acceptors (Lipinski definition) is 5. The van der Waals surface area contributed by atoms with Gasteiger partial charge in [0.1, 0.15) is 5.75 Å². The number of aromatic nitrogens is 2. The van der Waals surface area contributed by atoms with Gasteiger partial charge in [0.15, 0.2) is 0 Å². The first-order valence-corrected chi connectivity index (χ1v) is 8.68. The topological polar surface area (TPSA) is 70.4 Å². The zero-order valence-corrected chi connectivity index (χ0v) is 15.9. The maximum atomic E-state index is 13.0. The summed E-state index contributed by atoms with van der Waals surface area (Å²) in [4.78, 5) is 29.6. The van der Waals surface area contributed by atoms with Crippen LogP contribution in [0.25, 0.3) is 10.8 Å². The number of carbonyl (C=O) groups excluding carboxylic acids is 1. The first-order valence-electron chi connectivity index (χ1n) is 8.68. The summed E-state index contributed by atoms with van der Waals surface area (Å²) in [7, 11) is 2.95. The van der Waals surface area contributed by atoms with Crippen molar-refractivity contribution in [1.82, 2.24) is 9.55 Å². The Morgan fingerprint density at radius 2 is 1.85 bits per heavy atom. The van der Waals surface area contributed by atoms with Crippen LogP contribution < -0.4 is 10.3 Å². The third-order valence-electron chi connectivity index (χ3n) is 4.70. The molecule has 2 heterocycles. The van der Waals surface area contributed by atoms with E-state index in [-0.39, 0.29) is 5.56 Å². The summed E-state index contributed by atoms with van der Waals surface area (Å²) in [6, 6.07) is 9.53. The van der Waals surface area contributed by atoms with E-state index in [1.807, 2.05) is 24.3 Å². The fourth-order valence-electron chi connectivity index (χ4n) is 3.38. The van der Waals surface area contributed by atoms with Crippen LogP contribution in [-0.4, -0.2) is 29.7 Å². The van der Waals surface area contributed by atoms with Crippen LogP contribution >= 0.6 is 0 Å². The second kappa shape index (κ2) is 7.61. The predicted molar refractivity (Wildman–Crippen MR) is 104 cm³/mol. The summed E-state index contributed by atoms with van der Waals surface area (Å²) < 4.78 is 11.9. The van der Waals surface area contributed by atoms with Crippen molar-refractivity contribution >= 4 is 16.7 Å². The molecule has 2 aromatic heterocycles. The van der Waals surface area contributed by atoms with Gasteiger partial charge in [-0.05, 0) is 38.0 Å². The highest BCUT2D eigenvalue weighted by Crippen LogP contribution is 2.22. The Morgan fingerprint density at radius 1 is 1.11 bits per heavy atom. The maximum Gasteiger partial charge on any atom is 0.340 e. The van der Waals surface area contributed by atoms with E-state index in [1.165, 1.54) is 7.11 Å². The third kappa shape index (κ3) is 3.43. The molecule has 0 unspecified atom stereocenters. The molecule has 0 fully saturated rings. The number of esters is 1. The Labute approximate surface area is 157 Å². The van der Waals surface area contributed by atoms with Crippen LogP contribution in [0.15, 0.2) is 41.3 Å². The molecule has 3 rings (SSSR count). The highest BCUT2D eigenvalue weighted by molar-refractivity contribution is 6.05. The quantitative estimate of drug-likeness (QED) is 0.649. The van der Waals surface area contributed by atoms with Crippen molar-refractivity contribution < 1.29 is 14.3 Å². The Hall–Kier alpha value is -3.15. The fraction of sp³-hybridized carbons (Fsp3) is 0.286. The first kappa shape index (κ1) is 18.6. The Bertz CT molecular complexity index is 1070. The lowest BCUT2D eigenvalue weighted by atomic mass is 10.0. The number of methoxy groups -OCH3 is 2. The second-order valence-electron chi connectivity index (χ2n) is 6.31. The van der Waals surface area contributed by atoms with Gasteiger partial charge in [-0.2, -0.15) is 0 Å². The molecule has 6 nitrogen and oxygen atoms in total. The number of aryl methyl sites for hydroxylation is 4. The van der Waals surface area contributed by atoms with E-state index < -0.39 is 5.97 Å². The van der Waals surface area contributed by atoms with Crippen LogP contribution in [0.3, 0.4) is 0 Å². The Kier molecular flexibility index (Phi) is 5.26. The number of pyridine rings is 2. The number of para-hydroxylation sites is 1. The van der Waals surface area contributed by atoms with E-state index in [4.69, 9.17) is 9.47 Å². The van der Waals surface area contributed by atoms with Gasteiger partial charge in [-0.15, -0.1) is 0 Å². The van der Waals surface area contributed by atoms with E-state index in [0.29, 0.717) is 40.7 Å². The minimum atomic E-state index is -0.490. The summed E-state index contributed by atoms with van der Waals surface area (Å²) in [5.41, 5.74) is 2.36. The summed E-state index contributed by atoms with van der Waals surface area (Å²) in [6.45, 7) is 4.02. The molecule has 0 saturated carbocycles. The summed E-state index contributed by atoms with van der Waals surface area (Å²) >= 11 is 0. The van der Waals surface area contributed by atoms with Crippen LogP contribution in [-0.2, 0) is 17.7 Å². The normalized spacial score (nSPS) is 10.8. The van der Waals surface area contributed by atoms with Gasteiger partial charge in [-0.25, -0.2) is 4.79 Å². The number of rotatable bonds is 5. The SMILES string of the molecule is COC(=O)c1c(C)nc(C)c2c(=O)n(CCc3ccccc3OC)ccc12. The van der Waals surface area contributed by atoms with Crippen molar-refractivity contribution in [2.75, 3.05) is 14.2 Å². The Morgan fingerprint density at radius 3 is 2.56 bits per heavy atom. The highest BCUT2D eigenvalue weighted by atomic mass is 16.5. The van der Waals surface area contributed by atoms with Crippen molar-refractivity contribution in [3.05, 3.63) is 69.4 Å². The van der Waals surface area contributed by atoms with E-state index in [9.17, 15) is 9.59 Å². The average molecular weight is 366 g/mol. The van der Waals surface area contributed by atoms with Crippen molar-refractivity contribution in [3.63, 3.8) is 0 Å². The van der Waals surface area contributed by atoms with Gasteiger partial charge in [-0.1, -0.05) is 18.2 Å². The largest absolute Gasteiger partial charge is 0.496 e. The molecule has 0 aliphatic carbocycles. The van der Waals surface area contributed by atoms with E-state index in [2.05, 4.69) is 4.98 Å². The van der Waals surface area contributed by atoms with Gasteiger partial charge in [0.25, 0.3) is 5.56 Å². The number of nitrogens with zero attached hydrogens (tertiary/aromatic N) is 2. The van der Waals surface area contributed by atoms with Gasteiger partial charge in [0.2, 0.25) is 0 Å². The van der Waals surface area contributed by atoms with Gasteiger partial charge < -0.3 is 14.0 Å². The molecule has 0 amide bonds. The van der Waals surface area contributed by atoms with Crippen LogP contribution in [0.1, 0.15) is 27.3 Å². The molecule has 3 aromatic rings. The fourth-order valence-corrected chi connectivity index (χ4v) is 3.38. The van der Waals surface area contributed by atoms with Crippen molar-refractivity contribution in [3.8, 4) is 5.75 Å². The number of benzene rings is 1. The van der Waals surface area contributed by atoms with Crippen LogP contribution in [0.5, 0.6) is 5.75 Å². The van der Waals surface area contributed by atoms with E-state index in [1.54, 1.807) is 37.8 Å². The third-order valence-corrected chi connectivity index (χ3v) is 4.70. The monoisotopic (exact) mass is 366 g/mol. The molecular formula is C21H22N2O4. The highest BCUT2D eigenvalue weighted by Gasteiger charge is 2.19. The smallest absolute Gasteiger partial charge is 0.340 e. The lowest BCUT2D eigenvalue weighted by Crippen LogP contribution is -2.23. The van der Waals surface area contributed by atoms with E-state index >= 15 is 0 Å². The molecule has 6 heteroatoms. The first-order chi connectivity index (χ1) is 13.0. The molecule has 140 valence electrons. The molecule has 0 radical (unpaired) electrons. The summed E-state index contributed by atoms with van der Waals surface area (Å²) in [6.07, 6.45) is 2.36. The van der Waals surface area contributed by atoms with Gasteiger partial charge in [0.05, 0.1) is 36.6 Å². The molecule has 0 aliphatic rings. The van der Waals surface area contributed by atoms with Gasteiger partial charge >= 0.3 is 5.97 Å². The number of hydrogen-bond donors (Lipinski definition) is 0. The van der Waals surface area contributed by atoms with Crippen molar-refractivity contribution in [2.45, 2.75) is 26.8 Å². The average Bonchev–Trinajstić information content (AvgIpc) is 2.67. The molecule has 0 bridgehead atoms. The Balaban J connectivity index is 2.05. The number of carbonyl (C=O) groups is 1. The molecule has 0 N–H and O–H groups in total. The second-order valence-corrected chi connectivity index (χ2v) is 6.31. The molecule has 0 aliphatic heterocycles. The van der Waals surface area contributed by atoms with Crippen molar-refractivity contribution in [2.24, 2.45) is 0 Å². The van der Waals surface area contributed by atoms with Gasteiger partial charge in [-0.3, -0.25) is 9.78 Å². The molecule has 27 heavy (non-hydrogen) atoms. The summed E-state index contributed by atoms with van der Waals surface area (Å²) in [5.74, 6) is 0.309. The molecular weight excluding hydrogens is 344 g/mol. The van der Waals surface area contributed by atoms with Crippen LogP contribution in [0, 0.1) is 13.8 Å². The van der Waals surface area contributed by atoms with Gasteiger partial charge in [0, 0.05) is 18.1 Å². The van der Waals surface area contributed by atoms with Crippen LogP contribution in [0.2, 0.25) is 0 Å². The molecule has 1 aromatic carbocycles. The number of fused-ring (bicyclic) bond motifs is 1. The van der Waals surface area contributed by atoms with E-state index in [0.717, 1.165) is 11.3 Å². The van der Waals surface area contributed by atoms with Crippen LogP contribution in [0.4, 0.5) is 0 Å². The molecule has 0 spiro atoms. The maximum absolute atomic E-state index is 13.0. The summed E-state index contributed by atoms with van der Waals surface area (Å²) in [5, 5.41) is 1.02. The lowest BCUT2D eigenvalue weighted by Gasteiger charge is -2.13. The molecule has 0 atom stereocenters. The number of ether oxygens (including phenoxy) is 2. The minimum absolute atomic E-state index is 0.169. The lowest BCUT2D eigenvalue weighted by molar-refractivity contribution is 0.0601. The zero-order chi connectivity index (χ0) is 19.6. The standard InChI is InChI=1S/C21H22N2O4/c1-13-18-16(19(14(2)22-13)21(25)27-4)10-12-23(20(18)24)11-9-15-7-5-6-8-17(15)26-3/h5-8,10,12H,9,11H2,1-4H3. The predicted octanol–water partition coefficient (Wildman–Crippen LogP) is 3.05. The minimum Gasteiger partial charge on any atom is -0.496 e.